The van der Waals surface area contributed by atoms with Gasteiger partial charge in [-0.3, -0.25) is 0 Å². The zero-order valence-electron chi connectivity index (χ0n) is 10.8. The van der Waals surface area contributed by atoms with E-state index in [9.17, 15) is 21.6 Å². The van der Waals surface area contributed by atoms with Gasteiger partial charge in [0.25, 0.3) is 0 Å². The van der Waals surface area contributed by atoms with Crippen LogP contribution in [0.2, 0.25) is 5.02 Å². The van der Waals surface area contributed by atoms with Crippen molar-refractivity contribution in [3.05, 3.63) is 28.8 Å². The maximum absolute atomic E-state index is 12.6. The molecule has 0 radical (unpaired) electrons. The van der Waals surface area contributed by atoms with Crippen molar-refractivity contribution in [3.63, 3.8) is 0 Å². The summed E-state index contributed by atoms with van der Waals surface area (Å²) < 4.78 is 60.8. The van der Waals surface area contributed by atoms with E-state index in [-0.39, 0.29) is 28.8 Å². The minimum atomic E-state index is -4.54. The van der Waals surface area contributed by atoms with Gasteiger partial charge in [0.2, 0.25) is 0 Å². The van der Waals surface area contributed by atoms with Gasteiger partial charge in [-0.15, -0.1) is 0 Å². The highest BCUT2D eigenvalue weighted by Crippen LogP contribution is 2.36. The Morgan fingerprint density at radius 3 is 2.45 bits per heavy atom. The summed E-state index contributed by atoms with van der Waals surface area (Å²) in [4.78, 5) is 0. The predicted molar refractivity (Wildman–Crippen MR) is 73.9 cm³/mol. The Morgan fingerprint density at radius 2 is 1.90 bits per heavy atom. The molecule has 0 amide bonds. The van der Waals surface area contributed by atoms with Crippen LogP contribution < -0.4 is 5.32 Å². The topological polar surface area (TPSA) is 46.2 Å². The van der Waals surface area contributed by atoms with Gasteiger partial charge in [-0.05, 0) is 24.6 Å². The molecule has 0 saturated heterocycles. The van der Waals surface area contributed by atoms with Crippen molar-refractivity contribution in [1.29, 1.82) is 0 Å². The third-order valence-electron chi connectivity index (χ3n) is 2.53. The largest absolute Gasteiger partial charge is 0.417 e. The van der Waals surface area contributed by atoms with Crippen LogP contribution in [-0.4, -0.2) is 26.5 Å². The second kappa shape index (κ2) is 6.67. The highest BCUT2D eigenvalue weighted by molar-refractivity contribution is 7.91. The zero-order valence-corrected chi connectivity index (χ0v) is 12.4. The van der Waals surface area contributed by atoms with Crippen LogP contribution in [0.4, 0.5) is 18.9 Å². The van der Waals surface area contributed by atoms with Crippen LogP contribution in [0, 0.1) is 0 Å². The number of hydrogen-bond acceptors (Lipinski definition) is 3. The second-order valence-corrected chi connectivity index (χ2v) is 6.98. The molecule has 1 rings (SSSR count). The van der Waals surface area contributed by atoms with Gasteiger partial charge in [0.1, 0.15) is 0 Å². The monoisotopic (exact) mass is 329 g/mol. The molecule has 0 aromatic heterocycles. The van der Waals surface area contributed by atoms with Gasteiger partial charge in [0.15, 0.2) is 9.84 Å². The lowest BCUT2D eigenvalue weighted by molar-refractivity contribution is -0.137. The van der Waals surface area contributed by atoms with Gasteiger partial charge in [0, 0.05) is 18.0 Å². The summed E-state index contributed by atoms with van der Waals surface area (Å²) in [5.74, 6) is -0.0477. The predicted octanol–water partition coefficient (Wildman–Crippen LogP) is 3.60. The molecule has 0 atom stereocenters. The van der Waals surface area contributed by atoms with Crippen molar-refractivity contribution >= 4 is 27.1 Å². The van der Waals surface area contributed by atoms with Gasteiger partial charge in [-0.25, -0.2) is 8.42 Å². The first-order valence-electron chi connectivity index (χ1n) is 5.97. The molecule has 0 unspecified atom stereocenters. The van der Waals surface area contributed by atoms with Gasteiger partial charge in [-0.2, -0.15) is 13.2 Å². The average molecular weight is 330 g/mol. The summed E-state index contributed by atoms with van der Waals surface area (Å²) in [6.45, 7) is 1.81. The fourth-order valence-corrected chi connectivity index (χ4v) is 3.08. The Labute approximate surface area is 121 Å². The van der Waals surface area contributed by atoms with Gasteiger partial charge in [0.05, 0.1) is 16.3 Å². The van der Waals surface area contributed by atoms with Crippen molar-refractivity contribution in [2.24, 2.45) is 0 Å². The minimum Gasteiger partial charge on any atom is -0.384 e. The molecule has 0 saturated carbocycles. The zero-order chi connectivity index (χ0) is 15.4. The van der Waals surface area contributed by atoms with Crippen LogP contribution in [0.3, 0.4) is 0 Å². The van der Waals surface area contributed by atoms with E-state index in [1.807, 2.05) is 0 Å². The number of halogens is 4. The van der Waals surface area contributed by atoms with Crippen LogP contribution in [-0.2, 0) is 16.0 Å². The van der Waals surface area contributed by atoms with Crippen LogP contribution >= 0.6 is 11.6 Å². The summed E-state index contributed by atoms with van der Waals surface area (Å²) in [7, 11) is -3.16. The molecule has 0 aliphatic rings. The Balaban J connectivity index is 2.71. The second-order valence-electron chi connectivity index (χ2n) is 4.27. The number of anilines is 1. The molecule has 0 spiro atoms. The Hall–Kier alpha value is -0.950. The van der Waals surface area contributed by atoms with Crippen LogP contribution in [0.15, 0.2) is 18.2 Å². The lowest BCUT2D eigenvalue weighted by atomic mass is 10.2. The lowest BCUT2D eigenvalue weighted by Gasteiger charge is -2.12. The van der Waals surface area contributed by atoms with Crippen LogP contribution in [0.5, 0.6) is 0 Å². The number of nitrogens with one attached hydrogen (secondary N) is 1. The molecule has 0 fully saturated rings. The summed E-state index contributed by atoms with van der Waals surface area (Å²) in [6.07, 6.45) is -4.02. The molecule has 0 bridgehead atoms. The van der Waals surface area contributed by atoms with E-state index in [0.29, 0.717) is 6.42 Å². The fraction of sp³-hybridized carbons (Fsp3) is 0.500. The number of alkyl halides is 3. The Morgan fingerprint density at radius 1 is 1.25 bits per heavy atom. The molecule has 20 heavy (non-hydrogen) atoms. The lowest BCUT2D eigenvalue weighted by Crippen LogP contribution is -2.18. The molecule has 3 nitrogen and oxygen atoms in total. The summed E-state index contributed by atoms with van der Waals surface area (Å²) in [5.41, 5.74) is -0.756. The Kier molecular flexibility index (Phi) is 5.70. The number of benzene rings is 1. The van der Waals surface area contributed by atoms with Crippen molar-refractivity contribution in [3.8, 4) is 0 Å². The van der Waals surface area contributed by atoms with E-state index in [1.165, 1.54) is 6.07 Å². The first kappa shape index (κ1) is 17.1. The molecule has 0 aliphatic carbocycles. The molecular weight excluding hydrogens is 315 g/mol. The first-order valence-corrected chi connectivity index (χ1v) is 8.16. The summed E-state index contributed by atoms with van der Waals surface area (Å²) >= 11 is 5.49. The third-order valence-corrected chi connectivity index (χ3v) is 4.72. The number of rotatable bonds is 6. The van der Waals surface area contributed by atoms with E-state index in [4.69, 9.17) is 11.6 Å². The van der Waals surface area contributed by atoms with Gasteiger partial charge < -0.3 is 5.32 Å². The molecule has 0 heterocycles. The van der Waals surface area contributed by atoms with Crippen LogP contribution in [0.1, 0.15) is 18.9 Å². The van der Waals surface area contributed by atoms with E-state index < -0.39 is 21.6 Å². The van der Waals surface area contributed by atoms with Crippen molar-refractivity contribution in [1.82, 2.24) is 0 Å². The molecular formula is C12H15ClF3NO2S. The highest BCUT2D eigenvalue weighted by Gasteiger charge is 2.33. The standard InChI is InChI=1S/C12H15ClF3NO2S/c1-2-6-20(18,19)7-5-17-9-3-4-11(13)10(8-9)12(14,15)16/h3-4,8,17H,2,5-7H2,1H3. The van der Waals surface area contributed by atoms with Gasteiger partial charge >= 0.3 is 6.18 Å². The molecule has 1 N–H and O–H groups in total. The third kappa shape index (κ3) is 5.20. The maximum Gasteiger partial charge on any atom is 0.417 e. The SMILES string of the molecule is CCCS(=O)(=O)CCNc1ccc(Cl)c(C(F)(F)F)c1. The van der Waals surface area contributed by atoms with Gasteiger partial charge in [-0.1, -0.05) is 18.5 Å². The fourth-order valence-electron chi connectivity index (χ4n) is 1.62. The van der Waals surface area contributed by atoms with Crippen molar-refractivity contribution in [2.45, 2.75) is 19.5 Å². The van der Waals surface area contributed by atoms with Crippen LogP contribution in [0.25, 0.3) is 0 Å². The van der Waals surface area contributed by atoms with E-state index in [1.54, 1.807) is 6.92 Å². The van der Waals surface area contributed by atoms with Crippen molar-refractivity contribution in [2.75, 3.05) is 23.4 Å². The summed E-state index contributed by atoms with van der Waals surface area (Å²) in [6, 6.07) is 3.38. The van der Waals surface area contributed by atoms with Crippen molar-refractivity contribution < 1.29 is 21.6 Å². The number of hydrogen-bond donors (Lipinski definition) is 1. The highest BCUT2D eigenvalue weighted by atomic mass is 35.5. The average Bonchev–Trinajstić information content (AvgIpc) is 2.29. The van der Waals surface area contributed by atoms with E-state index >= 15 is 0 Å². The molecule has 1 aromatic rings. The quantitative estimate of drug-likeness (QED) is 0.867. The normalized spacial score (nSPS) is 12.4. The first-order chi connectivity index (χ1) is 9.15. The molecule has 0 aliphatic heterocycles. The molecule has 114 valence electrons. The molecule has 8 heteroatoms. The smallest absolute Gasteiger partial charge is 0.384 e. The number of sulfone groups is 1. The molecule has 1 aromatic carbocycles. The maximum atomic E-state index is 12.6. The summed E-state index contributed by atoms with van der Waals surface area (Å²) in [5, 5.41) is 2.27. The Bertz CT molecular complexity index is 558. The van der Waals surface area contributed by atoms with E-state index in [2.05, 4.69) is 5.32 Å². The minimum absolute atomic E-state index is 0.0568. The van der Waals surface area contributed by atoms with E-state index in [0.717, 1.165) is 12.1 Å².